The molecule has 110 valence electrons. The SMILES string of the molecule is CCC(C)c1ccc(NC(=O)c2cc(Cl)ccc2Br)cc1. The molecule has 0 fully saturated rings. The van der Waals surface area contributed by atoms with Crippen molar-refractivity contribution in [2.75, 3.05) is 5.32 Å². The smallest absolute Gasteiger partial charge is 0.256 e. The summed E-state index contributed by atoms with van der Waals surface area (Å²) in [6, 6.07) is 13.1. The average molecular weight is 367 g/mol. The van der Waals surface area contributed by atoms with Gasteiger partial charge in [0.05, 0.1) is 5.56 Å². The number of halogens is 2. The summed E-state index contributed by atoms with van der Waals surface area (Å²) in [4.78, 5) is 12.3. The van der Waals surface area contributed by atoms with Crippen LogP contribution in [0.5, 0.6) is 0 Å². The summed E-state index contributed by atoms with van der Waals surface area (Å²) < 4.78 is 0.723. The second-order valence-electron chi connectivity index (χ2n) is 5.01. The summed E-state index contributed by atoms with van der Waals surface area (Å²) in [5.74, 6) is 0.345. The van der Waals surface area contributed by atoms with Crippen LogP contribution in [0.4, 0.5) is 5.69 Å². The summed E-state index contributed by atoms with van der Waals surface area (Å²) in [5.41, 5.74) is 2.58. The number of amides is 1. The van der Waals surface area contributed by atoms with Gasteiger partial charge in [0.1, 0.15) is 0 Å². The zero-order valence-electron chi connectivity index (χ0n) is 12.0. The summed E-state index contributed by atoms with van der Waals surface area (Å²) in [5, 5.41) is 3.42. The Bertz CT molecular complexity index is 640. The Kier molecular flexibility index (Phi) is 5.43. The quantitative estimate of drug-likeness (QED) is 0.720. The highest BCUT2D eigenvalue weighted by Gasteiger charge is 2.11. The zero-order valence-corrected chi connectivity index (χ0v) is 14.3. The number of rotatable bonds is 4. The van der Waals surface area contributed by atoms with Gasteiger partial charge < -0.3 is 5.32 Å². The molecule has 0 spiro atoms. The van der Waals surface area contributed by atoms with E-state index in [2.05, 4.69) is 47.2 Å². The minimum Gasteiger partial charge on any atom is -0.322 e. The van der Waals surface area contributed by atoms with E-state index in [4.69, 9.17) is 11.6 Å². The van der Waals surface area contributed by atoms with Crippen LogP contribution in [-0.2, 0) is 0 Å². The van der Waals surface area contributed by atoms with Gasteiger partial charge in [-0.05, 0) is 64.2 Å². The summed E-state index contributed by atoms with van der Waals surface area (Å²) in [7, 11) is 0. The lowest BCUT2D eigenvalue weighted by Gasteiger charge is -2.11. The van der Waals surface area contributed by atoms with Gasteiger partial charge in [0.2, 0.25) is 0 Å². The van der Waals surface area contributed by atoms with Gasteiger partial charge in [0.25, 0.3) is 5.91 Å². The minimum absolute atomic E-state index is 0.180. The average Bonchev–Trinajstić information content (AvgIpc) is 2.49. The van der Waals surface area contributed by atoms with Gasteiger partial charge >= 0.3 is 0 Å². The van der Waals surface area contributed by atoms with Crippen LogP contribution in [0.25, 0.3) is 0 Å². The third-order valence-corrected chi connectivity index (χ3v) is 4.45. The van der Waals surface area contributed by atoms with Crippen molar-refractivity contribution in [2.24, 2.45) is 0 Å². The second kappa shape index (κ2) is 7.10. The highest BCUT2D eigenvalue weighted by Crippen LogP contribution is 2.24. The van der Waals surface area contributed by atoms with E-state index in [9.17, 15) is 4.79 Å². The van der Waals surface area contributed by atoms with Crippen molar-refractivity contribution in [3.63, 3.8) is 0 Å². The minimum atomic E-state index is -0.180. The maximum absolute atomic E-state index is 12.3. The molecule has 1 N–H and O–H groups in total. The molecule has 21 heavy (non-hydrogen) atoms. The first-order valence-electron chi connectivity index (χ1n) is 6.87. The van der Waals surface area contributed by atoms with Crippen LogP contribution in [0.1, 0.15) is 42.1 Å². The van der Waals surface area contributed by atoms with Crippen molar-refractivity contribution >= 4 is 39.1 Å². The van der Waals surface area contributed by atoms with Crippen molar-refractivity contribution in [3.05, 3.63) is 63.1 Å². The number of hydrogen-bond donors (Lipinski definition) is 1. The predicted molar refractivity (Wildman–Crippen MR) is 92.3 cm³/mol. The third-order valence-electron chi connectivity index (χ3n) is 3.52. The van der Waals surface area contributed by atoms with Gasteiger partial charge in [0, 0.05) is 15.2 Å². The molecule has 0 saturated heterocycles. The zero-order chi connectivity index (χ0) is 15.4. The molecule has 2 aromatic rings. The molecule has 2 aromatic carbocycles. The van der Waals surface area contributed by atoms with Gasteiger partial charge in [-0.15, -0.1) is 0 Å². The van der Waals surface area contributed by atoms with E-state index < -0.39 is 0 Å². The highest BCUT2D eigenvalue weighted by atomic mass is 79.9. The Morgan fingerprint density at radius 1 is 1.24 bits per heavy atom. The Morgan fingerprint density at radius 3 is 2.52 bits per heavy atom. The predicted octanol–water partition coefficient (Wildman–Crippen LogP) is 5.87. The van der Waals surface area contributed by atoms with Gasteiger partial charge in [-0.3, -0.25) is 4.79 Å². The topological polar surface area (TPSA) is 29.1 Å². The number of nitrogens with one attached hydrogen (secondary N) is 1. The lowest BCUT2D eigenvalue weighted by Crippen LogP contribution is -2.12. The maximum Gasteiger partial charge on any atom is 0.256 e. The fourth-order valence-electron chi connectivity index (χ4n) is 2.00. The van der Waals surface area contributed by atoms with E-state index in [1.807, 2.05) is 12.1 Å². The Morgan fingerprint density at radius 2 is 1.90 bits per heavy atom. The molecule has 1 unspecified atom stereocenters. The number of hydrogen-bond acceptors (Lipinski definition) is 1. The van der Waals surface area contributed by atoms with E-state index in [0.717, 1.165) is 16.6 Å². The molecule has 0 saturated carbocycles. The normalized spacial score (nSPS) is 12.0. The van der Waals surface area contributed by atoms with Crippen LogP contribution in [0.2, 0.25) is 5.02 Å². The number of carbonyl (C=O) groups is 1. The van der Waals surface area contributed by atoms with E-state index in [-0.39, 0.29) is 5.91 Å². The molecular formula is C17H17BrClNO. The molecule has 0 bridgehead atoms. The van der Waals surface area contributed by atoms with Crippen LogP contribution in [0.3, 0.4) is 0 Å². The lowest BCUT2D eigenvalue weighted by atomic mass is 9.98. The lowest BCUT2D eigenvalue weighted by molar-refractivity contribution is 0.102. The maximum atomic E-state index is 12.3. The first kappa shape index (κ1) is 16.1. The first-order valence-corrected chi connectivity index (χ1v) is 8.04. The van der Waals surface area contributed by atoms with Gasteiger partial charge in [-0.1, -0.05) is 37.6 Å². The summed E-state index contributed by atoms with van der Waals surface area (Å²) in [6.07, 6.45) is 1.10. The van der Waals surface area contributed by atoms with Crippen molar-refractivity contribution in [1.29, 1.82) is 0 Å². The van der Waals surface area contributed by atoms with Gasteiger partial charge in [-0.25, -0.2) is 0 Å². The van der Waals surface area contributed by atoms with Crippen LogP contribution < -0.4 is 5.32 Å². The molecular weight excluding hydrogens is 350 g/mol. The number of benzene rings is 2. The fourth-order valence-corrected chi connectivity index (χ4v) is 2.60. The highest BCUT2D eigenvalue weighted by molar-refractivity contribution is 9.10. The Hall–Kier alpha value is -1.32. The van der Waals surface area contributed by atoms with Crippen molar-refractivity contribution < 1.29 is 4.79 Å². The molecule has 0 aliphatic carbocycles. The molecule has 1 atom stereocenters. The largest absolute Gasteiger partial charge is 0.322 e. The van der Waals surface area contributed by atoms with Crippen molar-refractivity contribution in [2.45, 2.75) is 26.2 Å². The molecule has 0 aliphatic heterocycles. The van der Waals surface area contributed by atoms with Crippen LogP contribution in [-0.4, -0.2) is 5.91 Å². The molecule has 2 nitrogen and oxygen atoms in total. The fraction of sp³-hybridized carbons (Fsp3) is 0.235. The molecule has 2 rings (SSSR count). The summed E-state index contributed by atoms with van der Waals surface area (Å²) >= 11 is 9.30. The first-order chi connectivity index (χ1) is 10.0. The van der Waals surface area contributed by atoms with Crippen molar-refractivity contribution in [1.82, 2.24) is 0 Å². The third kappa shape index (κ3) is 4.08. The Labute approximate surface area is 138 Å². The molecule has 0 aliphatic rings. The Balaban J connectivity index is 2.14. The van der Waals surface area contributed by atoms with Crippen LogP contribution in [0.15, 0.2) is 46.9 Å². The number of carbonyl (C=O) groups excluding carboxylic acids is 1. The van der Waals surface area contributed by atoms with Crippen LogP contribution >= 0.6 is 27.5 Å². The van der Waals surface area contributed by atoms with Crippen LogP contribution in [0, 0.1) is 0 Å². The molecule has 4 heteroatoms. The molecule has 0 heterocycles. The monoisotopic (exact) mass is 365 g/mol. The standard InChI is InChI=1S/C17H17BrClNO/c1-3-11(2)12-4-7-14(8-5-12)20-17(21)15-10-13(19)6-9-16(15)18/h4-11H,3H2,1-2H3,(H,20,21). The van der Waals surface area contributed by atoms with E-state index >= 15 is 0 Å². The van der Waals surface area contributed by atoms with E-state index in [1.54, 1.807) is 18.2 Å². The summed E-state index contributed by atoms with van der Waals surface area (Å²) in [6.45, 7) is 4.35. The number of anilines is 1. The van der Waals surface area contributed by atoms with Gasteiger partial charge in [0.15, 0.2) is 0 Å². The van der Waals surface area contributed by atoms with Gasteiger partial charge in [-0.2, -0.15) is 0 Å². The molecule has 0 aromatic heterocycles. The van der Waals surface area contributed by atoms with E-state index in [0.29, 0.717) is 16.5 Å². The molecule has 0 radical (unpaired) electrons. The molecule has 1 amide bonds. The second-order valence-corrected chi connectivity index (χ2v) is 6.30. The van der Waals surface area contributed by atoms with Crippen molar-refractivity contribution in [3.8, 4) is 0 Å². The van der Waals surface area contributed by atoms with E-state index in [1.165, 1.54) is 5.56 Å².